The van der Waals surface area contributed by atoms with Crippen molar-refractivity contribution in [1.29, 1.82) is 0 Å². The van der Waals surface area contributed by atoms with Crippen LogP contribution in [0.5, 0.6) is 0 Å². The van der Waals surface area contributed by atoms with E-state index in [9.17, 15) is 9.90 Å². The van der Waals surface area contributed by atoms with Crippen molar-refractivity contribution in [2.45, 2.75) is 19.4 Å². The highest BCUT2D eigenvalue weighted by molar-refractivity contribution is 5.92. The molecule has 1 N–H and O–H groups in total. The summed E-state index contributed by atoms with van der Waals surface area (Å²) in [5.41, 5.74) is 0.828. The van der Waals surface area contributed by atoms with Crippen molar-refractivity contribution in [2.24, 2.45) is 0 Å². The number of carbonyl (C=O) groups is 1. The number of anilines is 1. The molecule has 4 nitrogen and oxygen atoms in total. The van der Waals surface area contributed by atoms with Crippen LogP contribution in [0.4, 0.5) is 5.69 Å². The number of nitrogens with one attached hydrogen (secondary N) is 1. The van der Waals surface area contributed by atoms with Gasteiger partial charge in [-0.3, -0.25) is 0 Å². The number of hydrogen-bond acceptors (Lipinski definition) is 4. The number of para-hydroxylation sites is 1. The number of likely N-dealkylation sites (N-methyl/N-ethyl adjacent to an activating group) is 1. The van der Waals surface area contributed by atoms with Gasteiger partial charge in [0.25, 0.3) is 0 Å². The number of carboxylic acids is 1. The number of aromatic carboxylic acids is 1. The van der Waals surface area contributed by atoms with Gasteiger partial charge in [-0.25, -0.2) is 0 Å². The van der Waals surface area contributed by atoms with Crippen LogP contribution in [-0.4, -0.2) is 37.6 Å². The third-order valence-corrected chi connectivity index (χ3v) is 2.88. The Kier molecular flexibility index (Phi) is 7.39. The Morgan fingerprint density at radius 3 is 2.50 bits per heavy atom. The fourth-order valence-corrected chi connectivity index (χ4v) is 1.74. The van der Waals surface area contributed by atoms with E-state index in [0.29, 0.717) is 18.3 Å². The van der Waals surface area contributed by atoms with Gasteiger partial charge in [-0.2, -0.15) is 0 Å². The lowest BCUT2D eigenvalue weighted by molar-refractivity contribution is -0.254. The molecule has 18 heavy (non-hydrogen) atoms. The molecule has 0 aliphatic rings. The molecule has 1 atom stereocenters. The van der Waals surface area contributed by atoms with Crippen molar-refractivity contribution in [1.82, 2.24) is 4.90 Å². The molecule has 0 aliphatic carbocycles. The van der Waals surface area contributed by atoms with Gasteiger partial charge in [0, 0.05) is 23.8 Å². The minimum Gasteiger partial charge on any atom is -0.545 e. The quantitative estimate of drug-likeness (QED) is 0.845. The first kappa shape index (κ1) is 16.7. The molecule has 5 heteroatoms. The molecular formula is C13H20ClN2O2-. The topological polar surface area (TPSA) is 55.4 Å². The molecule has 0 bridgehead atoms. The van der Waals surface area contributed by atoms with Crippen LogP contribution in [0.25, 0.3) is 0 Å². The zero-order chi connectivity index (χ0) is 12.8. The summed E-state index contributed by atoms with van der Waals surface area (Å²) in [7, 11) is 4.03. The van der Waals surface area contributed by atoms with Crippen LogP contribution in [0.15, 0.2) is 24.3 Å². The lowest BCUT2D eigenvalue weighted by atomic mass is 10.1. The average molecular weight is 272 g/mol. The van der Waals surface area contributed by atoms with Crippen LogP contribution in [0.3, 0.4) is 0 Å². The maximum atomic E-state index is 10.9. The summed E-state index contributed by atoms with van der Waals surface area (Å²) in [5.74, 6) is -1.15. The number of rotatable bonds is 6. The van der Waals surface area contributed by atoms with Crippen molar-refractivity contribution in [3.8, 4) is 0 Å². The van der Waals surface area contributed by atoms with Crippen molar-refractivity contribution < 1.29 is 9.90 Å². The zero-order valence-electron chi connectivity index (χ0n) is 11.0. The van der Waals surface area contributed by atoms with Crippen LogP contribution >= 0.6 is 12.4 Å². The summed E-state index contributed by atoms with van der Waals surface area (Å²) in [6.07, 6.45) is 1.01. The van der Waals surface area contributed by atoms with Gasteiger partial charge < -0.3 is 20.1 Å². The van der Waals surface area contributed by atoms with Gasteiger partial charge in [-0.1, -0.05) is 25.1 Å². The molecular weight excluding hydrogens is 252 g/mol. The maximum Gasteiger partial charge on any atom is 0.0736 e. The summed E-state index contributed by atoms with van der Waals surface area (Å²) in [6, 6.07) is 7.19. The molecule has 1 aromatic rings. The van der Waals surface area contributed by atoms with Crippen molar-refractivity contribution in [3.63, 3.8) is 0 Å². The SMILES string of the molecule is CCC(CNc1ccccc1C(=O)[O-])N(C)C.Cl. The van der Waals surface area contributed by atoms with E-state index in [1.165, 1.54) is 0 Å². The van der Waals surface area contributed by atoms with Crippen LogP contribution in [0.1, 0.15) is 23.7 Å². The molecule has 0 aliphatic heterocycles. The van der Waals surface area contributed by atoms with E-state index in [2.05, 4.69) is 17.1 Å². The van der Waals surface area contributed by atoms with E-state index in [-0.39, 0.29) is 18.0 Å². The largest absolute Gasteiger partial charge is 0.545 e. The molecule has 1 rings (SSSR count). The van der Waals surface area contributed by atoms with E-state index in [1.807, 2.05) is 20.2 Å². The maximum absolute atomic E-state index is 10.9. The van der Waals surface area contributed by atoms with Crippen LogP contribution in [0, 0.1) is 0 Å². The molecule has 1 aromatic carbocycles. The van der Waals surface area contributed by atoms with Gasteiger partial charge in [-0.15, -0.1) is 12.4 Å². The fourth-order valence-electron chi connectivity index (χ4n) is 1.74. The van der Waals surface area contributed by atoms with Gasteiger partial charge in [-0.05, 0) is 26.6 Å². The van der Waals surface area contributed by atoms with Gasteiger partial charge >= 0.3 is 0 Å². The molecule has 0 saturated heterocycles. The second kappa shape index (κ2) is 7.95. The lowest BCUT2D eigenvalue weighted by Crippen LogP contribution is -2.34. The molecule has 0 saturated carbocycles. The Labute approximate surface area is 114 Å². The van der Waals surface area contributed by atoms with Gasteiger partial charge in [0.2, 0.25) is 0 Å². The summed E-state index contributed by atoms with van der Waals surface area (Å²) < 4.78 is 0. The first-order chi connectivity index (χ1) is 8.06. The number of carbonyl (C=O) groups excluding carboxylic acids is 1. The number of halogens is 1. The molecule has 1 unspecified atom stereocenters. The Hall–Kier alpha value is -1.26. The third-order valence-electron chi connectivity index (χ3n) is 2.88. The third kappa shape index (κ3) is 4.55. The summed E-state index contributed by atoms with van der Waals surface area (Å²) in [6.45, 7) is 2.82. The normalized spacial score (nSPS) is 11.8. The van der Waals surface area contributed by atoms with Crippen LogP contribution < -0.4 is 10.4 Å². The van der Waals surface area contributed by atoms with E-state index in [1.54, 1.807) is 18.2 Å². The van der Waals surface area contributed by atoms with E-state index >= 15 is 0 Å². The molecule has 0 aromatic heterocycles. The monoisotopic (exact) mass is 271 g/mol. The van der Waals surface area contributed by atoms with Gasteiger partial charge in [0.1, 0.15) is 0 Å². The summed E-state index contributed by atoms with van der Waals surface area (Å²) in [5, 5.41) is 14.1. The van der Waals surface area contributed by atoms with Crippen molar-refractivity contribution in [2.75, 3.05) is 26.0 Å². The van der Waals surface area contributed by atoms with Crippen molar-refractivity contribution in [3.05, 3.63) is 29.8 Å². The Balaban J connectivity index is 0.00000289. The lowest BCUT2D eigenvalue weighted by Gasteiger charge is -2.24. The Morgan fingerprint density at radius 1 is 1.39 bits per heavy atom. The van der Waals surface area contributed by atoms with E-state index < -0.39 is 5.97 Å². The summed E-state index contributed by atoms with van der Waals surface area (Å²) in [4.78, 5) is 13.0. The van der Waals surface area contributed by atoms with Crippen molar-refractivity contribution >= 4 is 24.1 Å². The molecule has 0 fully saturated rings. The first-order valence-corrected chi connectivity index (χ1v) is 5.77. The average Bonchev–Trinajstić information content (AvgIpc) is 2.29. The fraction of sp³-hybridized carbons (Fsp3) is 0.462. The minimum atomic E-state index is -1.15. The predicted octanol–water partition coefficient (Wildman–Crippen LogP) is 1.22. The minimum absolute atomic E-state index is 0. The van der Waals surface area contributed by atoms with E-state index in [4.69, 9.17) is 0 Å². The molecule has 0 heterocycles. The number of benzene rings is 1. The molecule has 0 spiro atoms. The Morgan fingerprint density at radius 2 is 2.00 bits per heavy atom. The smallest absolute Gasteiger partial charge is 0.0736 e. The highest BCUT2D eigenvalue weighted by atomic mass is 35.5. The van der Waals surface area contributed by atoms with Gasteiger partial charge in [0.15, 0.2) is 0 Å². The Bertz CT molecular complexity index is 383. The number of carboxylic acid groups (broad SMARTS) is 1. The molecule has 102 valence electrons. The van der Waals surface area contributed by atoms with Crippen LogP contribution in [-0.2, 0) is 0 Å². The van der Waals surface area contributed by atoms with Gasteiger partial charge in [0.05, 0.1) is 5.97 Å². The van der Waals surface area contributed by atoms with Crippen LogP contribution in [0.2, 0.25) is 0 Å². The van der Waals surface area contributed by atoms with E-state index in [0.717, 1.165) is 6.42 Å². The standard InChI is InChI=1S/C13H20N2O2.ClH/c1-4-10(15(2)3)9-14-12-8-6-5-7-11(12)13(16)17;/h5-8,10,14H,4,9H2,1-3H3,(H,16,17);1H/p-1. The number of hydrogen-bond donors (Lipinski definition) is 1. The molecule has 0 amide bonds. The zero-order valence-corrected chi connectivity index (χ0v) is 11.8. The summed E-state index contributed by atoms with van der Waals surface area (Å²) >= 11 is 0. The second-order valence-electron chi connectivity index (χ2n) is 4.24. The number of nitrogens with zero attached hydrogens (tertiary/aromatic N) is 1. The predicted molar refractivity (Wildman–Crippen MR) is 74.3 cm³/mol. The first-order valence-electron chi connectivity index (χ1n) is 5.77. The molecule has 0 radical (unpaired) electrons. The highest BCUT2D eigenvalue weighted by Gasteiger charge is 2.09. The highest BCUT2D eigenvalue weighted by Crippen LogP contribution is 2.14. The second-order valence-corrected chi connectivity index (χ2v) is 4.24.